The van der Waals surface area contributed by atoms with Crippen LogP contribution >= 0.6 is 0 Å². The zero-order valence-electron chi connectivity index (χ0n) is 15.9. The van der Waals surface area contributed by atoms with Crippen molar-refractivity contribution in [3.05, 3.63) is 62.5 Å². The fourth-order valence-electron chi connectivity index (χ4n) is 3.07. The highest BCUT2D eigenvalue weighted by Crippen LogP contribution is 2.40. The SMILES string of the molecule is COC(=O)C1=C(C)NC(C)=C(C(=O)OC(C)C)[C@H]1c1cccc([N+](=O)[O-])c1. The number of ether oxygens (including phenoxy) is 2. The van der Waals surface area contributed by atoms with E-state index in [2.05, 4.69) is 5.32 Å². The number of benzene rings is 1. The van der Waals surface area contributed by atoms with Gasteiger partial charge in [0.25, 0.3) is 5.69 Å². The number of dihydropyridines is 1. The maximum absolute atomic E-state index is 12.8. The highest BCUT2D eigenvalue weighted by molar-refractivity contribution is 5.99. The minimum absolute atomic E-state index is 0.137. The molecule has 0 bridgehead atoms. The van der Waals surface area contributed by atoms with Gasteiger partial charge in [-0.05, 0) is 33.3 Å². The van der Waals surface area contributed by atoms with Crippen molar-refractivity contribution in [2.24, 2.45) is 0 Å². The summed E-state index contributed by atoms with van der Waals surface area (Å²) in [6.45, 7) is 6.81. The molecular formula is C19H22N2O6. The Morgan fingerprint density at radius 2 is 1.74 bits per heavy atom. The lowest BCUT2D eigenvalue weighted by atomic mass is 9.80. The van der Waals surface area contributed by atoms with Crippen LogP contribution in [-0.2, 0) is 19.1 Å². The second-order valence-corrected chi connectivity index (χ2v) is 6.43. The molecule has 27 heavy (non-hydrogen) atoms. The summed E-state index contributed by atoms with van der Waals surface area (Å²) in [5.74, 6) is -2.07. The minimum atomic E-state index is -0.843. The van der Waals surface area contributed by atoms with Crippen molar-refractivity contribution >= 4 is 17.6 Å². The molecule has 1 heterocycles. The largest absolute Gasteiger partial charge is 0.466 e. The first kappa shape index (κ1) is 20.2. The second-order valence-electron chi connectivity index (χ2n) is 6.43. The normalized spacial score (nSPS) is 16.9. The molecule has 0 aromatic heterocycles. The quantitative estimate of drug-likeness (QED) is 0.479. The maximum atomic E-state index is 12.8. The minimum Gasteiger partial charge on any atom is -0.466 e. The average molecular weight is 374 g/mol. The van der Waals surface area contributed by atoms with E-state index in [1.165, 1.54) is 25.3 Å². The molecule has 0 saturated heterocycles. The third-order valence-electron chi connectivity index (χ3n) is 4.14. The van der Waals surface area contributed by atoms with Gasteiger partial charge in [0.05, 0.1) is 35.2 Å². The summed E-state index contributed by atoms with van der Waals surface area (Å²) in [7, 11) is 1.24. The number of nitrogens with one attached hydrogen (secondary N) is 1. The van der Waals surface area contributed by atoms with Crippen molar-refractivity contribution < 1.29 is 24.0 Å². The van der Waals surface area contributed by atoms with Crippen molar-refractivity contribution in [3.63, 3.8) is 0 Å². The van der Waals surface area contributed by atoms with E-state index in [1.54, 1.807) is 33.8 Å². The Bertz CT molecular complexity index is 854. The summed E-state index contributed by atoms with van der Waals surface area (Å²) in [5, 5.41) is 14.2. The van der Waals surface area contributed by atoms with Crippen LogP contribution in [0, 0.1) is 10.1 Å². The molecule has 0 aliphatic carbocycles. The molecule has 0 fully saturated rings. The number of carbonyl (C=O) groups excluding carboxylic acids is 2. The fraction of sp³-hybridized carbons (Fsp3) is 0.368. The zero-order chi connectivity index (χ0) is 20.3. The molecule has 0 unspecified atom stereocenters. The molecule has 2 rings (SSSR count). The number of nitro groups is 1. The molecule has 8 heteroatoms. The van der Waals surface area contributed by atoms with Gasteiger partial charge >= 0.3 is 11.9 Å². The number of nitrogens with zero attached hydrogens (tertiary/aromatic N) is 1. The number of allylic oxidation sites excluding steroid dienone is 2. The van der Waals surface area contributed by atoms with E-state index < -0.39 is 22.8 Å². The number of nitro benzene ring substituents is 1. The van der Waals surface area contributed by atoms with Crippen molar-refractivity contribution in [1.82, 2.24) is 5.32 Å². The molecular weight excluding hydrogens is 352 g/mol. The van der Waals surface area contributed by atoms with E-state index in [-0.39, 0.29) is 22.9 Å². The third-order valence-corrected chi connectivity index (χ3v) is 4.14. The Morgan fingerprint density at radius 1 is 1.15 bits per heavy atom. The first-order valence-electron chi connectivity index (χ1n) is 8.39. The number of hydrogen-bond donors (Lipinski definition) is 1. The van der Waals surface area contributed by atoms with Gasteiger partial charge in [-0.1, -0.05) is 12.1 Å². The number of non-ortho nitro benzene ring substituents is 1. The van der Waals surface area contributed by atoms with Crippen LogP contribution in [0.25, 0.3) is 0 Å². The molecule has 144 valence electrons. The van der Waals surface area contributed by atoms with E-state index in [4.69, 9.17) is 9.47 Å². The van der Waals surface area contributed by atoms with E-state index in [1.807, 2.05) is 0 Å². The number of carbonyl (C=O) groups is 2. The lowest BCUT2D eigenvalue weighted by Crippen LogP contribution is -2.33. The van der Waals surface area contributed by atoms with Gasteiger partial charge in [-0.3, -0.25) is 10.1 Å². The molecule has 0 saturated carbocycles. The standard InChI is InChI=1S/C19H22N2O6/c1-10(2)27-19(23)16-12(4)20-11(3)15(18(22)26-5)17(16)13-7-6-8-14(9-13)21(24)25/h6-10,17,20H,1-5H3/t17-/m0/s1. The third kappa shape index (κ3) is 4.16. The number of hydrogen-bond acceptors (Lipinski definition) is 7. The lowest BCUT2D eigenvalue weighted by molar-refractivity contribution is -0.384. The number of esters is 2. The first-order valence-corrected chi connectivity index (χ1v) is 8.39. The predicted molar refractivity (Wildman–Crippen MR) is 97.6 cm³/mol. The van der Waals surface area contributed by atoms with Crippen LogP contribution in [-0.4, -0.2) is 30.1 Å². The summed E-state index contributed by atoms with van der Waals surface area (Å²) in [5.41, 5.74) is 1.75. The Morgan fingerprint density at radius 3 is 2.26 bits per heavy atom. The zero-order valence-corrected chi connectivity index (χ0v) is 15.9. The van der Waals surface area contributed by atoms with Crippen LogP contribution in [0.5, 0.6) is 0 Å². The van der Waals surface area contributed by atoms with Crippen LogP contribution in [0.15, 0.2) is 46.8 Å². The van der Waals surface area contributed by atoms with E-state index in [0.717, 1.165) is 0 Å². The molecule has 0 amide bonds. The molecule has 1 aromatic carbocycles. The van der Waals surface area contributed by atoms with E-state index in [0.29, 0.717) is 17.0 Å². The van der Waals surface area contributed by atoms with E-state index >= 15 is 0 Å². The average Bonchev–Trinajstić information content (AvgIpc) is 2.59. The highest BCUT2D eigenvalue weighted by atomic mass is 16.6. The number of rotatable bonds is 5. The fourth-order valence-corrected chi connectivity index (χ4v) is 3.07. The molecule has 1 atom stereocenters. The van der Waals surface area contributed by atoms with Gasteiger partial charge < -0.3 is 14.8 Å². The molecule has 1 N–H and O–H groups in total. The van der Waals surface area contributed by atoms with Gasteiger partial charge in [0.2, 0.25) is 0 Å². The second kappa shape index (κ2) is 8.03. The van der Waals surface area contributed by atoms with Gasteiger partial charge in [0, 0.05) is 23.5 Å². The maximum Gasteiger partial charge on any atom is 0.337 e. The van der Waals surface area contributed by atoms with Crippen LogP contribution in [0.2, 0.25) is 0 Å². The van der Waals surface area contributed by atoms with Crippen LogP contribution in [0.4, 0.5) is 5.69 Å². The lowest BCUT2D eigenvalue weighted by Gasteiger charge is -2.30. The molecule has 1 aliphatic heterocycles. The van der Waals surface area contributed by atoms with Crippen LogP contribution in [0.3, 0.4) is 0 Å². The molecule has 8 nitrogen and oxygen atoms in total. The number of methoxy groups -OCH3 is 1. The first-order chi connectivity index (χ1) is 12.7. The van der Waals surface area contributed by atoms with Crippen molar-refractivity contribution in [2.45, 2.75) is 39.7 Å². The summed E-state index contributed by atoms with van der Waals surface area (Å²) in [4.78, 5) is 35.9. The Kier molecular flexibility index (Phi) is 5.99. The Hall–Kier alpha value is -3.16. The van der Waals surface area contributed by atoms with Gasteiger partial charge in [-0.15, -0.1) is 0 Å². The van der Waals surface area contributed by atoms with E-state index in [9.17, 15) is 19.7 Å². The van der Waals surface area contributed by atoms with Crippen LogP contribution < -0.4 is 5.32 Å². The van der Waals surface area contributed by atoms with Crippen molar-refractivity contribution in [2.75, 3.05) is 7.11 Å². The molecule has 0 spiro atoms. The summed E-state index contributed by atoms with van der Waals surface area (Å²) in [6.07, 6.45) is -0.364. The smallest absolute Gasteiger partial charge is 0.337 e. The van der Waals surface area contributed by atoms with Gasteiger partial charge in [-0.25, -0.2) is 9.59 Å². The monoisotopic (exact) mass is 374 g/mol. The molecule has 1 aliphatic rings. The molecule has 0 radical (unpaired) electrons. The summed E-state index contributed by atoms with van der Waals surface area (Å²) in [6, 6.07) is 5.85. The van der Waals surface area contributed by atoms with Gasteiger partial charge in [0.15, 0.2) is 0 Å². The topological polar surface area (TPSA) is 108 Å². The summed E-state index contributed by atoms with van der Waals surface area (Å²) >= 11 is 0. The Labute approximate surface area is 157 Å². The molecule has 1 aromatic rings. The van der Waals surface area contributed by atoms with Crippen molar-refractivity contribution in [3.8, 4) is 0 Å². The van der Waals surface area contributed by atoms with Crippen molar-refractivity contribution in [1.29, 1.82) is 0 Å². The Balaban J connectivity index is 2.69. The van der Waals surface area contributed by atoms with Crippen LogP contribution in [0.1, 0.15) is 39.2 Å². The van der Waals surface area contributed by atoms with Gasteiger partial charge in [-0.2, -0.15) is 0 Å². The summed E-state index contributed by atoms with van der Waals surface area (Å²) < 4.78 is 10.2. The predicted octanol–water partition coefficient (Wildman–Crippen LogP) is 2.95. The van der Waals surface area contributed by atoms with Gasteiger partial charge in [0.1, 0.15) is 0 Å². The highest BCUT2D eigenvalue weighted by Gasteiger charge is 2.38.